The Morgan fingerprint density at radius 2 is 2.23 bits per heavy atom. The molecule has 0 saturated carbocycles. The lowest BCUT2D eigenvalue weighted by Gasteiger charge is -2.19. The summed E-state index contributed by atoms with van der Waals surface area (Å²) in [7, 11) is 1.60. The van der Waals surface area contributed by atoms with E-state index < -0.39 is 0 Å². The van der Waals surface area contributed by atoms with Gasteiger partial charge in [-0.05, 0) is 36.2 Å². The van der Waals surface area contributed by atoms with Gasteiger partial charge in [0.05, 0.1) is 26.0 Å². The molecule has 2 aliphatic heterocycles. The number of pyridine rings is 1. The van der Waals surface area contributed by atoms with Crippen LogP contribution in [0.3, 0.4) is 0 Å². The minimum atomic E-state index is -0.283. The maximum atomic E-state index is 12.7. The van der Waals surface area contributed by atoms with E-state index in [-0.39, 0.29) is 30.6 Å². The number of thiazole rings is 1. The number of methoxy groups -OCH3 is 1. The Hall–Kier alpha value is -3.50. The van der Waals surface area contributed by atoms with Crippen LogP contribution in [0.15, 0.2) is 48.1 Å². The number of carbonyl (C=O) groups is 2. The Morgan fingerprint density at radius 3 is 3.00 bits per heavy atom. The van der Waals surface area contributed by atoms with Crippen molar-refractivity contribution in [1.29, 1.82) is 0 Å². The fourth-order valence-corrected chi connectivity index (χ4v) is 5.02. The van der Waals surface area contributed by atoms with Gasteiger partial charge in [-0.25, -0.2) is 4.98 Å². The van der Waals surface area contributed by atoms with E-state index in [0.717, 1.165) is 29.7 Å². The van der Waals surface area contributed by atoms with Crippen LogP contribution in [0.4, 0.5) is 5.13 Å². The summed E-state index contributed by atoms with van der Waals surface area (Å²) >= 11 is 1.34. The molecule has 0 aliphatic carbocycles. The Kier molecular flexibility index (Phi) is 6.91. The highest BCUT2D eigenvalue weighted by Crippen LogP contribution is 2.36. The second-order valence-corrected chi connectivity index (χ2v) is 9.33. The molecule has 2 aliphatic rings. The Morgan fingerprint density at radius 1 is 1.31 bits per heavy atom. The van der Waals surface area contributed by atoms with E-state index in [1.54, 1.807) is 24.4 Å². The fraction of sp³-hybridized carbons (Fsp3) is 0.360. The predicted octanol–water partition coefficient (Wildman–Crippen LogP) is 3.68. The fourth-order valence-electron chi connectivity index (χ4n) is 4.28. The van der Waals surface area contributed by atoms with Gasteiger partial charge in [0.1, 0.15) is 0 Å². The standard InChI is InChI=1S/C25H26N4O5S/c1-32-20-7-6-16(10-21(20)34-24-5-3-9-33-24)18-11-23(31)29(13-18)14-22(30)28-25-27-19(15-35-25)17-4-2-8-26-12-17/h2,4,6-8,10,12,15,18,24H,3,5,9,11,13-14H2,1H3,(H,27,28,30)/t18-,24?/m1/s1. The zero-order valence-electron chi connectivity index (χ0n) is 19.3. The molecule has 2 amide bonds. The van der Waals surface area contributed by atoms with E-state index in [2.05, 4.69) is 15.3 Å². The molecule has 2 aromatic heterocycles. The number of benzene rings is 1. The van der Waals surface area contributed by atoms with E-state index in [1.807, 2.05) is 35.7 Å². The first-order valence-corrected chi connectivity index (χ1v) is 12.4. The van der Waals surface area contributed by atoms with Gasteiger partial charge in [-0.15, -0.1) is 11.3 Å². The zero-order chi connectivity index (χ0) is 24.2. The van der Waals surface area contributed by atoms with E-state index in [9.17, 15) is 9.59 Å². The van der Waals surface area contributed by atoms with Crippen molar-refractivity contribution < 1.29 is 23.8 Å². The maximum Gasteiger partial charge on any atom is 0.245 e. The summed E-state index contributed by atoms with van der Waals surface area (Å²) in [4.78, 5) is 35.4. The average Bonchev–Trinajstić information content (AvgIpc) is 3.62. The summed E-state index contributed by atoms with van der Waals surface area (Å²) in [6.07, 6.45) is 5.27. The largest absolute Gasteiger partial charge is 0.493 e. The molecule has 1 N–H and O–H groups in total. The molecule has 0 spiro atoms. The van der Waals surface area contributed by atoms with Gasteiger partial charge >= 0.3 is 0 Å². The lowest BCUT2D eigenvalue weighted by atomic mass is 9.98. The molecule has 9 nitrogen and oxygen atoms in total. The Labute approximate surface area is 207 Å². The zero-order valence-corrected chi connectivity index (χ0v) is 20.1. The van der Waals surface area contributed by atoms with Gasteiger partial charge in [0.15, 0.2) is 22.9 Å². The van der Waals surface area contributed by atoms with Crippen LogP contribution in [0.5, 0.6) is 11.5 Å². The van der Waals surface area contributed by atoms with E-state index in [4.69, 9.17) is 14.2 Å². The number of nitrogens with one attached hydrogen (secondary N) is 1. The van der Waals surface area contributed by atoms with Gasteiger partial charge in [-0.2, -0.15) is 0 Å². The number of ether oxygens (including phenoxy) is 3. The number of carbonyl (C=O) groups excluding carboxylic acids is 2. The van der Waals surface area contributed by atoms with Crippen molar-refractivity contribution in [2.24, 2.45) is 0 Å². The summed E-state index contributed by atoms with van der Waals surface area (Å²) in [6.45, 7) is 1.12. The summed E-state index contributed by atoms with van der Waals surface area (Å²) < 4.78 is 17.0. The van der Waals surface area contributed by atoms with Crippen LogP contribution in [-0.4, -0.2) is 59.8 Å². The van der Waals surface area contributed by atoms with Crippen LogP contribution in [0, 0.1) is 0 Å². The van der Waals surface area contributed by atoms with Crippen molar-refractivity contribution >= 4 is 28.3 Å². The monoisotopic (exact) mass is 494 g/mol. The first-order chi connectivity index (χ1) is 17.1. The van der Waals surface area contributed by atoms with Crippen molar-refractivity contribution in [3.05, 3.63) is 53.7 Å². The Bertz CT molecular complexity index is 1200. The van der Waals surface area contributed by atoms with Gasteiger partial charge < -0.3 is 24.4 Å². The molecule has 5 rings (SSSR count). The van der Waals surface area contributed by atoms with Crippen LogP contribution in [0.2, 0.25) is 0 Å². The molecular weight excluding hydrogens is 468 g/mol. The highest BCUT2D eigenvalue weighted by atomic mass is 32.1. The first kappa shape index (κ1) is 23.3. The molecule has 3 aromatic rings. The van der Waals surface area contributed by atoms with Crippen LogP contribution in [0.25, 0.3) is 11.3 Å². The summed E-state index contributed by atoms with van der Waals surface area (Å²) in [5, 5.41) is 5.16. The second kappa shape index (κ2) is 10.4. The number of likely N-dealkylation sites (tertiary alicyclic amines) is 1. The van der Waals surface area contributed by atoms with Gasteiger partial charge in [-0.1, -0.05) is 6.07 Å². The molecule has 0 radical (unpaired) electrons. The van der Waals surface area contributed by atoms with Crippen LogP contribution < -0.4 is 14.8 Å². The Balaban J connectivity index is 1.20. The van der Waals surface area contributed by atoms with Crippen molar-refractivity contribution in [2.45, 2.75) is 31.5 Å². The quantitative estimate of drug-likeness (QED) is 0.510. The van der Waals surface area contributed by atoms with Crippen LogP contribution >= 0.6 is 11.3 Å². The number of nitrogens with zero attached hydrogens (tertiary/aromatic N) is 3. The van der Waals surface area contributed by atoms with Crippen LogP contribution in [-0.2, 0) is 14.3 Å². The molecule has 1 unspecified atom stereocenters. The highest BCUT2D eigenvalue weighted by molar-refractivity contribution is 7.14. The molecular formula is C25H26N4O5S. The summed E-state index contributed by atoms with van der Waals surface area (Å²) in [6, 6.07) is 9.45. The number of hydrogen-bond donors (Lipinski definition) is 1. The third kappa shape index (κ3) is 5.44. The van der Waals surface area contributed by atoms with E-state index in [0.29, 0.717) is 36.2 Å². The molecule has 35 heavy (non-hydrogen) atoms. The van der Waals surface area contributed by atoms with Crippen LogP contribution in [0.1, 0.15) is 30.7 Å². The molecule has 2 saturated heterocycles. The number of aromatic nitrogens is 2. The van der Waals surface area contributed by atoms with E-state index in [1.165, 1.54) is 11.3 Å². The molecule has 1 aromatic carbocycles. The molecule has 4 heterocycles. The lowest BCUT2D eigenvalue weighted by molar-refractivity contribution is -0.131. The molecule has 2 fully saturated rings. The van der Waals surface area contributed by atoms with Gasteiger partial charge in [-0.3, -0.25) is 14.6 Å². The second-order valence-electron chi connectivity index (χ2n) is 8.47. The number of anilines is 1. The van der Waals surface area contributed by atoms with Gasteiger partial charge in [0.25, 0.3) is 0 Å². The first-order valence-electron chi connectivity index (χ1n) is 11.5. The van der Waals surface area contributed by atoms with Gasteiger partial charge in [0.2, 0.25) is 11.8 Å². The minimum absolute atomic E-state index is 0.0213. The summed E-state index contributed by atoms with van der Waals surface area (Å²) in [5.41, 5.74) is 2.59. The minimum Gasteiger partial charge on any atom is -0.493 e. The van der Waals surface area contributed by atoms with E-state index >= 15 is 0 Å². The third-order valence-corrected chi connectivity index (χ3v) is 6.82. The average molecular weight is 495 g/mol. The number of hydrogen-bond acceptors (Lipinski definition) is 8. The smallest absolute Gasteiger partial charge is 0.245 e. The predicted molar refractivity (Wildman–Crippen MR) is 131 cm³/mol. The van der Waals surface area contributed by atoms with Crippen molar-refractivity contribution in [1.82, 2.24) is 14.9 Å². The van der Waals surface area contributed by atoms with Crippen molar-refractivity contribution in [3.63, 3.8) is 0 Å². The normalized spacial score (nSPS) is 19.7. The molecule has 2 atom stereocenters. The lowest BCUT2D eigenvalue weighted by Crippen LogP contribution is -2.34. The maximum absolute atomic E-state index is 12.7. The SMILES string of the molecule is COc1ccc([C@@H]2CC(=O)N(CC(=O)Nc3nc(-c4cccnc4)cs3)C2)cc1OC1CCCO1. The van der Waals surface area contributed by atoms with Crippen molar-refractivity contribution in [3.8, 4) is 22.8 Å². The molecule has 0 bridgehead atoms. The molecule has 10 heteroatoms. The number of amides is 2. The third-order valence-electron chi connectivity index (χ3n) is 6.06. The van der Waals surface area contributed by atoms with Crippen molar-refractivity contribution in [2.75, 3.05) is 32.1 Å². The number of rotatable bonds is 8. The summed E-state index contributed by atoms with van der Waals surface area (Å²) in [5.74, 6) is 0.860. The van der Waals surface area contributed by atoms with Gasteiger partial charge in [0, 0.05) is 48.6 Å². The molecule has 182 valence electrons. The highest BCUT2D eigenvalue weighted by Gasteiger charge is 2.32. The topological polar surface area (TPSA) is 103 Å².